The summed E-state index contributed by atoms with van der Waals surface area (Å²) in [5.41, 5.74) is 0.519. The standard InChI is InChI=1S/C11H22O/c1-5-11(4)6-10(7-12)8(2)9(11)3/h8-10,12H,5-7H2,1-4H3/p+1. The molecule has 0 heterocycles. The van der Waals surface area contributed by atoms with Crippen molar-refractivity contribution >= 4 is 0 Å². The Morgan fingerprint density at radius 2 is 2.00 bits per heavy atom. The van der Waals surface area contributed by atoms with Gasteiger partial charge in [0.25, 0.3) is 0 Å². The van der Waals surface area contributed by atoms with Gasteiger partial charge >= 0.3 is 0 Å². The molecular formula is C11H23O+. The Morgan fingerprint density at radius 1 is 1.42 bits per heavy atom. The first kappa shape index (κ1) is 10.0. The molecule has 1 fully saturated rings. The van der Waals surface area contributed by atoms with Gasteiger partial charge < -0.3 is 5.11 Å². The molecule has 4 atom stereocenters. The van der Waals surface area contributed by atoms with Gasteiger partial charge in [-0.1, -0.05) is 34.1 Å². The van der Waals surface area contributed by atoms with Crippen molar-refractivity contribution in [3.8, 4) is 0 Å². The van der Waals surface area contributed by atoms with Gasteiger partial charge in [0, 0.05) is 5.92 Å². The smallest absolute Gasteiger partial charge is 0.146 e. The van der Waals surface area contributed by atoms with Crippen LogP contribution in [0.3, 0.4) is 0 Å². The summed E-state index contributed by atoms with van der Waals surface area (Å²) < 4.78 is 0. The van der Waals surface area contributed by atoms with E-state index in [2.05, 4.69) is 27.7 Å². The van der Waals surface area contributed by atoms with Crippen molar-refractivity contribution in [1.29, 1.82) is 0 Å². The van der Waals surface area contributed by atoms with Crippen LogP contribution in [0, 0.1) is 23.2 Å². The van der Waals surface area contributed by atoms with Crippen molar-refractivity contribution in [1.82, 2.24) is 0 Å². The van der Waals surface area contributed by atoms with Crippen LogP contribution in [0.25, 0.3) is 0 Å². The van der Waals surface area contributed by atoms with Gasteiger partial charge in [0.2, 0.25) is 0 Å². The quantitative estimate of drug-likeness (QED) is 0.570. The van der Waals surface area contributed by atoms with Crippen LogP contribution in [0.1, 0.15) is 40.5 Å². The third kappa shape index (κ3) is 1.39. The molecule has 1 heteroatoms. The minimum absolute atomic E-state index is 0.519. The molecule has 12 heavy (non-hydrogen) atoms. The molecule has 0 aromatic rings. The van der Waals surface area contributed by atoms with Crippen LogP contribution in [0.5, 0.6) is 0 Å². The van der Waals surface area contributed by atoms with Gasteiger partial charge in [-0.15, -0.1) is 0 Å². The number of hydrogen-bond acceptors (Lipinski definition) is 0. The fraction of sp³-hybridized carbons (Fsp3) is 1.00. The average Bonchev–Trinajstić information content (AvgIpc) is 2.31. The van der Waals surface area contributed by atoms with Crippen LogP contribution in [-0.4, -0.2) is 11.7 Å². The molecule has 1 aliphatic carbocycles. The van der Waals surface area contributed by atoms with Crippen molar-refractivity contribution < 1.29 is 5.11 Å². The lowest BCUT2D eigenvalue weighted by Gasteiger charge is -2.28. The minimum Gasteiger partial charge on any atom is -0.445 e. The van der Waals surface area contributed by atoms with Gasteiger partial charge in [-0.25, -0.2) is 0 Å². The molecule has 0 radical (unpaired) electrons. The van der Waals surface area contributed by atoms with Crippen molar-refractivity contribution in [2.24, 2.45) is 23.2 Å². The maximum Gasteiger partial charge on any atom is 0.146 e. The second-order valence-corrected chi connectivity index (χ2v) is 4.82. The van der Waals surface area contributed by atoms with Crippen molar-refractivity contribution in [3.05, 3.63) is 0 Å². The van der Waals surface area contributed by atoms with E-state index < -0.39 is 0 Å². The molecule has 0 aromatic carbocycles. The van der Waals surface area contributed by atoms with Crippen molar-refractivity contribution in [3.63, 3.8) is 0 Å². The molecule has 1 rings (SSSR count). The van der Waals surface area contributed by atoms with E-state index in [9.17, 15) is 0 Å². The highest BCUT2D eigenvalue weighted by atomic mass is 16.3. The molecular weight excluding hydrogens is 148 g/mol. The highest BCUT2D eigenvalue weighted by Crippen LogP contribution is 2.51. The van der Waals surface area contributed by atoms with Gasteiger partial charge in [-0.3, -0.25) is 0 Å². The topological polar surface area (TPSA) is 22.9 Å². The highest BCUT2D eigenvalue weighted by molar-refractivity contribution is 4.93. The molecule has 0 amide bonds. The molecule has 0 bridgehead atoms. The van der Waals surface area contributed by atoms with Crippen LogP contribution >= 0.6 is 0 Å². The van der Waals surface area contributed by atoms with Crippen LogP contribution in [-0.2, 0) is 0 Å². The van der Waals surface area contributed by atoms with Gasteiger partial charge in [0.05, 0.1) is 0 Å². The lowest BCUT2D eigenvalue weighted by molar-refractivity contribution is 0.191. The summed E-state index contributed by atoms with van der Waals surface area (Å²) in [7, 11) is 0. The predicted molar refractivity (Wildman–Crippen MR) is 53.3 cm³/mol. The third-order valence-corrected chi connectivity index (χ3v) is 4.43. The lowest BCUT2D eigenvalue weighted by atomic mass is 9.77. The maximum absolute atomic E-state index is 7.47. The zero-order chi connectivity index (χ0) is 9.35. The van der Waals surface area contributed by atoms with Gasteiger partial charge in [-0.2, -0.15) is 0 Å². The Hall–Kier alpha value is -0.0400. The summed E-state index contributed by atoms with van der Waals surface area (Å²) >= 11 is 0. The third-order valence-electron chi connectivity index (χ3n) is 4.43. The second kappa shape index (κ2) is 3.37. The Labute approximate surface area is 76.2 Å². The molecule has 1 aliphatic rings. The number of rotatable bonds is 2. The molecule has 1 nitrogen and oxygen atoms in total. The van der Waals surface area contributed by atoms with Crippen molar-refractivity contribution in [2.75, 3.05) is 6.61 Å². The highest BCUT2D eigenvalue weighted by Gasteiger charge is 2.45. The molecule has 4 unspecified atom stereocenters. The van der Waals surface area contributed by atoms with Gasteiger partial charge in [0.15, 0.2) is 0 Å². The van der Waals surface area contributed by atoms with Gasteiger partial charge in [0.1, 0.15) is 6.61 Å². The summed E-state index contributed by atoms with van der Waals surface area (Å²) in [5, 5.41) is 7.47. The van der Waals surface area contributed by atoms with E-state index in [1.807, 2.05) is 0 Å². The molecule has 1 saturated carbocycles. The molecule has 0 aliphatic heterocycles. The van der Waals surface area contributed by atoms with E-state index in [1.165, 1.54) is 12.8 Å². The monoisotopic (exact) mass is 171 g/mol. The van der Waals surface area contributed by atoms with E-state index in [1.54, 1.807) is 0 Å². The van der Waals surface area contributed by atoms with E-state index >= 15 is 0 Å². The first-order valence-corrected chi connectivity index (χ1v) is 5.19. The first-order chi connectivity index (χ1) is 5.55. The summed E-state index contributed by atoms with van der Waals surface area (Å²) in [5.74, 6) is 2.22. The van der Waals surface area contributed by atoms with Crippen molar-refractivity contribution in [2.45, 2.75) is 40.5 Å². The molecule has 72 valence electrons. The normalized spacial score (nSPS) is 48.2. The van der Waals surface area contributed by atoms with Crippen LogP contribution in [0.4, 0.5) is 0 Å². The van der Waals surface area contributed by atoms with Crippen LogP contribution in [0.15, 0.2) is 0 Å². The molecule has 2 N–H and O–H groups in total. The SMILES string of the molecule is CCC1(C)CC(C[OH2+])C(C)C1C. The lowest BCUT2D eigenvalue weighted by Crippen LogP contribution is -2.20. The van der Waals surface area contributed by atoms with E-state index in [4.69, 9.17) is 5.11 Å². The number of hydrogen-bond donors (Lipinski definition) is 0. The maximum atomic E-state index is 7.47. The zero-order valence-electron chi connectivity index (χ0n) is 8.85. The molecule has 0 aromatic heterocycles. The Morgan fingerprint density at radius 3 is 2.25 bits per heavy atom. The largest absolute Gasteiger partial charge is 0.445 e. The van der Waals surface area contributed by atoms with E-state index in [0.29, 0.717) is 17.9 Å². The average molecular weight is 171 g/mol. The predicted octanol–water partition coefficient (Wildman–Crippen LogP) is 2.42. The molecule has 0 saturated heterocycles. The van der Waals surface area contributed by atoms with E-state index in [-0.39, 0.29) is 0 Å². The first-order valence-electron chi connectivity index (χ1n) is 5.19. The Kier molecular flexibility index (Phi) is 2.82. The summed E-state index contributed by atoms with van der Waals surface area (Å²) in [6.07, 6.45) is 2.55. The van der Waals surface area contributed by atoms with Gasteiger partial charge in [-0.05, 0) is 23.7 Å². The summed E-state index contributed by atoms with van der Waals surface area (Å²) in [4.78, 5) is 0. The fourth-order valence-electron chi connectivity index (χ4n) is 2.74. The second-order valence-electron chi connectivity index (χ2n) is 4.82. The summed E-state index contributed by atoms with van der Waals surface area (Å²) in [6, 6.07) is 0. The molecule has 0 spiro atoms. The Bertz CT molecular complexity index is 155. The minimum atomic E-state index is 0.519. The van der Waals surface area contributed by atoms with Crippen LogP contribution < -0.4 is 0 Å². The zero-order valence-corrected chi connectivity index (χ0v) is 8.85. The fourth-order valence-corrected chi connectivity index (χ4v) is 2.74. The summed E-state index contributed by atoms with van der Waals surface area (Å²) in [6.45, 7) is 10.00. The van der Waals surface area contributed by atoms with E-state index in [0.717, 1.165) is 11.8 Å². The van der Waals surface area contributed by atoms with Crippen LogP contribution in [0.2, 0.25) is 0 Å². The Balaban J connectivity index is 2.72.